The van der Waals surface area contributed by atoms with Gasteiger partial charge >= 0.3 is 0 Å². The van der Waals surface area contributed by atoms with E-state index in [1.807, 2.05) is 0 Å². The molecule has 0 aliphatic carbocycles. The van der Waals surface area contributed by atoms with Gasteiger partial charge in [-0.05, 0) is 40.3 Å². The van der Waals surface area contributed by atoms with Crippen molar-refractivity contribution in [2.24, 2.45) is 0 Å². The maximum atomic E-state index is 6.01. The Labute approximate surface area is 87.0 Å². The van der Waals surface area contributed by atoms with Crippen LogP contribution in [0.5, 0.6) is 0 Å². The van der Waals surface area contributed by atoms with E-state index in [0.29, 0.717) is 6.04 Å². The van der Waals surface area contributed by atoms with Crippen LogP contribution >= 0.6 is 0 Å². The zero-order valence-corrected chi connectivity index (χ0v) is 9.62. The first kappa shape index (κ1) is 10.4. The Kier molecular flexibility index (Phi) is 2.82. The fraction of sp³-hybridized carbons (Fsp3) is 1.00. The minimum absolute atomic E-state index is 0.0428. The molecular formula is C11H22N2O. The minimum atomic E-state index is 0.0428. The van der Waals surface area contributed by atoms with Gasteiger partial charge in [0.25, 0.3) is 0 Å². The molecule has 3 heteroatoms. The zero-order valence-electron chi connectivity index (χ0n) is 9.62. The fourth-order valence-corrected chi connectivity index (χ4v) is 2.91. The van der Waals surface area contributed by atoms with Crippen LogP contribution in [0.15, 0.2) is 0 Å². The molecule has 0 saturated carbocycles. The third kappa shape index (κ3) is 1.69. The topological polar surface area (TPSA) is 15.7 Å². The summed E-state index contributed by atoms with van der Waals surface area (Å²) in [6.45, 7) is 8.84. The molecule has 0 bridgehead atoms. The summed E-state index contributed by atoms with van der Waals surface area (Å²) < 4.78 is 6.01. The van der Waals surface area contributed by atoms with Gasteiger partial charge < -0.3 is 9.64 Å². The van der Waals surface area contributed by atoms with Crippen molar-refractivity contribution in [3.8, 4) is 0 Å². The molecular weight excluding hydrogens is 176 g/mol. The zero-order chi connectivity index (χ0) is 10.2. The molecule has 1 atom stereocenters. The van der Waals surface area contributed by atoms with Gasteiger partial charge in [-0.15, -0.1) is 0 Å². The summed E-state index contributed by atoms with van der Waals surface area (Å²) in [5.41, 5.74) is 0.0428. The van der Waals surface area contributed by atoms with Gasteiger partial charge in [0.15, 0.2) is 0 Å². The lowest BCUT2D eigenvalue weighted by Gasteiger charge is -2.45. The first-order valence-electron chi connectivity index (χ1n) is 5.73. The first-order valence-corrected chi connectivity index (χ1v) is 5.73. The van der Waals surface area contributed by atoms with Gasteiger partial charge in [-0.25, -0.2) is 0 Å². The third-order valence-corrected chi connectivity index (χ3v) is 3.47. The molecule has 2 aliphatic heterocycles. The second-order valence-electron chi connectivity index (χ2n) is 4.92. The molecule has 2 saturated heterocycles. The van der Waals surface area contributed by atoms with Crippen molar-refractivity contribution in [1.82, 2.24) is 9.80 Å². The number of hydrogen-bond acceptors (Lipinski definition) is 3. The summed E-state index contributed by atoms with van der Waals surface area (Å²) in [5.74, 6) is 0. The van der Waals surface area contributed by atoms with E-state index in [9.17, 15) is 0 Å². The van der Waals surface area contributed by atoms with E-state index in [1.165, 1.54) is 19.4 Å². The molecule has 3 nitrogen and oxygen atoms in total. The highest BCUT2D eigenvalue weighted by molar-refractivity contribution is 4.93. The Morgan fingerprint density at radius 1 is 1.29 bits per heavy atom. The normalized spacial score (nSPS) is 36.0. The van der Waals surface area contributed by atoms with Crippen molar-refractivity contribution in [1.29, 1.82) is 0 Å². The van der Waals surface area contributed by atoms with Gasteiger partial charge in [-0.3, -0.25) is 4.90 Å². The second-order valence-corrected chi connectivity index (χ2v) is 4.92. The summed E-state index contributed by atoms with van der Waals surface area (Å²) >= 11 is 0. The fourth-order valence-electron chi connectivity index (χ4n) is 2.91. The monoisotopic (exact) mass is 198 g/mol. The Morgan fingerprint density at radius 2 is 2.07 bits per heavy atom. The van der Waals surface area contributed by atoms with Gasteiger partial charge in [0.1, 0.15) is 5.72 Å². The summed E-state index contributed by atoms with van der Waals surface area (Å²) in [4.78, 5) is 4.92. The van der Waals surface area contributed by atoms with E-state index in [4.69, 9.17) is 4.74 Å². The lowest BCUT2D eigenvalue weighted by Crippen LogP contribution is -2.57. The maximum Gasteiger partial charge on any atom is 0.134 e. The molecule has 82 valence electrons. The predicted molar refractivity (Wildman–Crippen MR) is 57.3 cm³/mol. The quantitative estimate of drug-likeness (QED) is 0.628. The molecule has 14 heavy (non-hydrogen) atoms. The summed E-state index contributed by atoms with van der Waals surface area (Å²) in [5, 5.41) is 0. The molecule has 0 aromatic heterocycles. The first-order chi connectivity index (χ1) is 6.64. The van der Waals surface area contributed by atoms with Crippen LogP contribution in [0.3, 0.4) is 0 Å². The van der Waals surface area contributed by atoms with Crippen molar-refractivity contribution < 1.29 is 4.74 Å². The van der Waals surface area contributed by atoms with Gasteiger partial charge in [0, 0.05) is 19.1 Å². The lowest BCUT2D eigenvalue weighted by molar-refractivity contribution is -0.130. The van der Waals surface area contributed by atoms with Gasteiger partial charge in [-0.2, -0.15) is 0 Å². The van der Waals surface area contributed by atoms with Crippen molar-refractivity contribution in [2.75, 3.05) is 33.3 Å². The minimum Gasteiger partial charge on any atom is -0.358 e. The summed E-state index contributed by atoms with van der Waals surface area (Å²) in [6.07, 6.45) is 2.47. The SMILES string of the molecule is CC(C)N1CCOC12CCCN(C)C2. The van der Waals surface area contributed by atoms with Crippen molar-refractivity contribution in [2.45, 2.75) is 38.5 Å². The molecule has 1 spiro atoms. The summed E-state index contributed by atoms with van der Waals surface area (Å²) in [7, 11) is 2.20. The van der Waals surface area contributed by atoms with Crippen LogP contribution in [0.4, 0.5) is 0 Å². The van der Waals surface area contributed by atoms with Crippen molar-refractivity contribution >= 4 is 0 Å². The molecule has 0 aromatic carbocycles. The van der Waals surface area contributed by atoms with Gasteiger partial charge in [0.2, 0.25) is 0 Å². The highest BCUT2D eigenvalue weighted by Gasteiger charge is 2.45. The average molecular weight is 198 g/mol. The number of ether oxygens (including phenoxy) is 1. The van der Waals surface area contributed by atoms with Crippen LogP contribution < -0.4 is 0 Å². The predicted octanol–water partition coefficient (Wildman–Crippen LogP) is 1.15. The Bertz CT molecular complexity index is 207. The van der Waals surface area contributed by atoms with Crippen LogP contribution in [-0.4, -0.2) is 54.9 Å². The van der Waals surface area contributed by atoms with E-state index in [1.54, 1.807) is 0 Å². The largest absolute Gasteiger partial charge is 0.358 e. The van der Waals surface area contributed by atoms with E-state index in [0.717, 1.165) is 19.7 Å². The molecule has 2 heterocycles. The molecule has 2 rings (SSSR count). The average Bonchev–Trinajstić information content (AvgIpc) is 2.48. The van der Waals surface area contributed by atoms with E-state index >= 15 is 0 Å². The molecule has 2 fully saturated rings. The van der Waals surface area contributed by atoms with Crippen LogP contribution in [0.25, 0.3) is 0 Å². The van der Waals surface area contributed by atoms with Crippen LogP contribution in [0.1, 0.15) is 26.7 Å². The van der Waals surface area contributed by atoms with Crippen molar-refractivity contribution in [3.05, 3.63) is 0 Å². The molecule has 0 aromatic rings. The molecule has 0 amide bonds. The van der Waals surface area contributed by atoms with Crippen LogP contribution in [0.2, 0.25) is 0 Å². The smallest absolute Gasteiger partial charge is 0.134 e. The number of likely N-dealkylation sites (N-methyl/N-ethyl adjacent to an activating group) is 1. The van der Waals surface area contributed by atoms with Crippen LogP contribution in [-0.2, 0) is 4.74 Å². The highest BCUT2D eigenvalue weighted by Crippen LogP contribution is 2.33. The number of rotatable bonds is 1. The Hall–Kier alpha value is -0.120. The van der Waals surface area contributed by atoms with Gasteiger partial charge in [-0.1, -0.05) is 0 Å². The van der Waals surface area contributed by atoms with Crippen LogP contribution in [0, 0.1) is 0 Å². The summed E-state index contributed by atoms with van der Waals surface area (Å²) in [6, 6.07) is 0.601. The number of likely N-dealkylation sites (tertiary alicyclic amines) is 1. The van der Waals surface area contributed by atoms with Crippen molar-refractivity contribution in [3.63, 3.8) is 0 Å². The second kappa shape index (κ2) is 3.80. The molecule has 0 N–H and O–H groups in total. The van der Waals surface area contributed by atoms with E-state index in [2.05, 4.69) is 30.7 Å². The third-order valence-electron chi connectivity index (χ3n) is 3.47. The standard InChI is InChI=1S/C11H22N2O/c1-10(2)13-7-8-14-11(13)5-4-6-12(3)9-11/h10H,4-9H2,1-3H3. The number of nitrogens with zero attached hydrogens (tertiary/aromatic N) is 2. The molecule has 2 aliphatic rings. The maximum absolute atomic E-state index is 6.01. The molecule has 1 unspecified atom stereocenters. The Balaban J connectivity index is 2.12. The number of hydrogen-bond donors (Lipinski definition) is 0. The van der Waals surface area contributed by atoms with E-state index in [-0.39, 0.29) is 5.72 Å². The van der Waals surface area contributed by atoms with Gasteiger partial charge in [0.05, 0.1) is 6.61 Å². The molecule has 0 radical (unpaired) electrons. The Morgan fingerprint density at radius 3 is 2.71 bits per heavy atom. The highest BCUT2D eigenvalue weighted by atomic mass is 16.5. The lowest BCUT2D eigenvalue weighted by atomic mass is 9.99. The van der Waals surface area contributed by atoms with E-state index < -0.39 is 0 Å². The number of piperidine rings is 1.